The molecule has 4 aromatic rings. The van der Waals surface area contributed by atoms with Gasteiger partial charge in [-0.25, -0.2) is 23.3 Å². The number of piperidine rings is 1. The molecule has 5 rings (SSSR count). The number of alkyl halides is 2. The van der Waals surface area contributed by atoms with E-state index in [1.54, 1.807) is 35.6 Å². The van der Waals surface area contributed by atoms with Gasteiger partial charge in [0.15, 0.2) is 11.5 Å². The number of hydrogen-bond donors (Lipinski definition) is 2. The summed E-state index contributed by atoms with van der Waals surface area (Å²) in [7, 11) is 3.74. The highest BCUT2D eigenvalue weighted by Gasteiger charge is 2.28. The lowest BCUT2D eigenvalue weighted by atomic mass is 9.98. The van der Waals surface area contributed by atoms with Crippen molar-refractivity contribution in [3.8, 4) is 11.3 Å². The Morgan fingerprint density at radius 3 is 2.73 bits per heavy atom. The fraction of sp³-hybridized carbons (Fsp3) is 0.455. The molecule has 11 heteroatoms. The molecule has 4 aromatic heterocycles. The minimum Gasteiger partial charge on any atom is -0.371 e. The van der Waals surface area contributed by atoms with Crippen molar-refractivity contribution in [1.82, 2.24) is 34.0 Å². The van der Waals surface area contributed by atoms with Crippen LogP contribution >= 0.6 is 0 Å². The second-order valence-corrected chi connectivity index (χ2v) is 8.51. The summed E-state index contributed by atoms with van der Waals surface area (Å²) in [5.41, 5.74) is 8.53. The van der Waals surface area contributed by atoms with Crippen LogP contribution in [0.2, 0.25) is 0 Å². The van der Waals surface area contributed by atoms with E-state index in [1.165, 1.54) is 0 Å². The SMILES string of the molecule is CN1CCCC(C)(F)C1.CNc1nc(N)nn2ccc(-c3ccc4ncn(CCF)c4n3)c12. The van der Waals surface area contributed by atoms with Gasteiger partial charge in [0.1, 0.15) is 23.4 Å². The third-order valence-corrected chi connectivity index (χ3v) is 5.67. The van der Waals surface area contributed by atoms with Crippen LogP contribution in [0.25, 0.3) is 27.9 Å². The molecule has 1 fully saturated rings. The Morgan fingerprint density at radius 2 is 2.06 bits per heavy atom. The highest BCUT2D eigenvalue weighted by molar-refractivity contribution is 5.89. The molecular weight excluding hydrogens is 428 g/mol. The molecule has 176 valence electrons. The van der Waals surface area contributed by atoms with Crippen LogP contribution < -0.4 is 11.1 Å². The van der Waals surface area contributed by atoms with E-state index in [4.69, 9.17) is 5.73 Å². The molecule has 1 unspecified atom stereocenters. The monoisotopic (exact) mass is 457 g/mol. The number of fused-ring (bicyclic) bond motifs is 2. The molecule has 1 saturated heterocycles. The summed E-state index contributed by atoms with van der Waals surface area (Å²) in [5, 5.41) is 7.20. The average Bonchev–Trinajstić information content (AvgIpc) is 3.37. The maximum atomic E-state index is 13.1. The summed E-state index contributed by atoms with van der Waals surface area (Å²) in [6.45, 7) is 3.10. The summed E-state index contributed by atoms with van der Waals surface area (Å²) in [6, 6.07) is 5.64. The van der Waals surface area contributed by atoms with E-state index < -0.39 is 12.3 Å². The van der Waals surface area contributed by atoms with Gasteiger partial charge in [0, 0.05) is 25.4 Å². The first-order valence-electron chi connectivity index (χ1n) is 10.9. The number of aryl methyl sites for hydroxylation is 1. The smallest absolute Gasteiger partial charge is 0.240 e. The molecule has 1 aliphatic rings. The summed E-state index contributed by atoms with van der Waals surface area (Å²) in [4.78, 5) is 15.2. The zero-order chi connectivity index (χ0) is 23.6. The molecule has 0 saturated carbocycles. The summed E-state index contributed by atoms with van der Waals surface area (Å²) in [5.74, 6) is 0.792. The minimum atomic E-state index is -0.924. The van der Waals surface area contributed by atoms with Gasteiger partial charge in [-0.1, -0.05) is 0 Å². The Hall–Kier alpha value is -3.34. The lowest BCUT2D eigenvalue weighted by molar-refractivity contribution is 0.0758. The number of nitrogens with one attached hydrogen (secondary N) is 1. The first-order valence-corrected chi connectivity index (χ1v) is 10.9. The molecule has 5 heterocycles. The van der Waals surface area contributed by atoms with Gasteiger partial charge in [-0.2, -0.15) is 4.98 Å². The van der Waals surface area contributed by atoms with Crippen LogP contribution in [0.3, 0.4) is 0 Å². The number of imidazole rings is 1. The van der Waals surface area contributed by atoms with Gasteiger partial charge < -0.3 is 20.5 Å². The number of nitrogen functional groups attached to an aromatic ring is 1. The van der Waals surface area contributed by atoms with Crippen molar-refractivity contribution >= 4 is 28.4 Å². The molecule has 9 nitrogen and oxygen atoms in total. The molecular formula is C22H29F2N9. The van der Waals surface area contributed by atoms with E-state index >= 15 is 0 Å². The Bertz CT molecular complexity index is 1250. The van der Waals surface area contributed by atoms with Crippen LogP contribution in [0.5, 0.6) is 0 Å². The first kappa shape index (κ1) is 22.8. The van der Waals surface area contributed by atoms with Crippen LogP contribution in [0, 0.1) is 0 Å². The highest BCUT2D eigenvalue weighted by Crippen LogP contribution is 2.29. The van der Waals surface area contributed by atoms with Gasteiger partial charge in [0.25, 0.3) is 0 Å². The molecule has 0 spiro atoms. The van der Waals surface area contributed by atoms with Crippen molar-refractivity contribution in [3.05, 3.63) is 30.7 Å². The lowest BCUT2D eigenvalue weighted by Crippen LogP contribution is -2.40. The standard InChI is InChI=1S/C15H15FN8.C7H14FN/c1-18-13-12-9(4-6-24(12)22-15(17)21-13)10-2-3-11-14(20-10)23(7-5-16)8-19-11;1-7(8)4-3-5-9(2)6-7/h2-4,6,8H,5,7H2,1H3,(H3,17,18,21,22);3-6H2,1-2H3. The Labute approximate surface area is 190 Å². The fourth-order valence-corrected chi connectivity index (χ4v) is 4.21. The Balaban J connectivity index is 0.000000243. The van der Waals surface area contributed by atoms with Gasteiger partial charge >= 0.3 is 0 Å². The average molecular weight is 458 g/mol. The highest BCUT2D eigenvalue weighted by atomic mass is 19.1. The number of nitrogens with zero attached hydrogens (tertiary/aromatic N) is 7. The van der Waals surface area contributed by atoms with Gasteiger partial charge in [-0.15, -0.1) is 5.10 Å². The molecule has 0 aliphatic carbocycles. The van der Waals surface area contributed by atoms with E-state index in [1.807, 2.05) is 30.1 Å². The maximum Gasteiger partial charge on any atom is 0.240 e. The van der Waals surface area contributed by atoms with Gasteiger partial charge in [-0.05, 0) is 51.6 Å². The summed E-state index contributed by atoms with van der Waals surface area (Å²) in [6.07, 6.45) is 5.14. The number of likely N-dealkylation sites (tertiary alicyclic amines) is 1. The third kappa shape index (κ3) is 4.87. The van der Waals surface area contributed by atoms with E-state index in [9.17, 15) is 8.78 Å². The molecule has 0 bridgehead atoms. The summed E-state index contributed by atoms with van der Waals surface area (Å²) < 4.78 is 29.1. The van der Waals surface area contributed by atoms with Gasteiger partial charge in [0.2, 0.25) is 5.95 Å². The van der Waals surface area contributed by atoms with Gasteiger partial charge in [0.05, 0.1) is 18.6 Å². The fourth-order valence-electron chi connectivity index (χ4n) is 4.21. The van der Waals surface area contributed by atoms with Crippen molar-refractivity contribution in [2.75, 3.05) is 44.9 Å². The number of nitrogens with two attached hydrogens (primary N) is 1. The molecule has 33 heavy (non-hydrogen) atoms. The van der Waals surface area contributed by atoms with E-state index in [-0.39, 0.29) is 12.5 Å². The summed E-state index contributed by atoms with van der Waals surface area (Å²) >= 11 is 0. The molecule has 0 aromatic carbocycles. The minimum absolute atomic E-state index is 0.179. The third-order valence-electron chi connectivity index (χ3n) is 5.67. The Morgan fingerprint density at radius 1 is 1.24 bits per heavy atom. The van der Waals surface area contributed by atoms with Crippen molar-refractivity contribution in [3.63, 3.8) is 0 Å². The van der Waals surface area contributed by atoms with Crippen LogP contribution in [0.1, 0.15) is 19.8 Å². The zero-order valence-corrected chi connectivity index (χ0v) is 19.1. The van der Waals surface area contributed by atoms with Crippen molar-refractivity contribution < 1.29 is 8.78 Å². The molecule has 3 N–H and O–H groups in total. The molecule has 1 aliphatic heterocycles. The predicted molar refractivity (Wildman–Crippen MR) is 126 cm³/mol. The Kier molecular flexibility index (Phi) is 6.41. The lowest BCUT2D eigenvalue weighted by Gasteiger charge is -2.32. The number of hydrogen-bond acceptors (Lipinski definition) is 7. The van der Waals surface area contributed by atoms with Gasteiger partial charge in [-0.3, -0.25) is 0 Å². The van der Waals surface area contributed by atoms with Crippen LogP contribution in [-0.2, 0) is 6.54 Å². The largest absolute Gasteiger partial charge is 0.371 e. The number of pyridine rings is 1. The first-order chi connectivity index (χ1) is 15.8. The molecule has 1 atom stereocenters. The van der Waals surface area contributed by atoms with Crippen molar-refractivity contribution in [2.24, 2.45) is 0 Å². The van der Waals surface area contributed by atoms with E-state index in [0.717, 1.165) is 41.7 Å². The van der Waals surface area contributed by atoms with E-state index in [2.05, 4.69) is 25.4 Å². The van der Waals surface area contributed by atoms with Crippen molar-refractivity contribution in [1.29, 1.82) is 0 Å². The predicted octanol–water partition coefficient (Wildman–Crippen LogP) is 3.17. The van der Waals surface area contributed by atoms with E-state index in [0.29, 0.717) is 18.0 Å². The normalized spacial score (nSPS) is 18.9. The number of rotatable bonds is 4. The maximum absolute atomic E-state index is 13.1. The number of anilines is 2. The topological polar surface area (TPSA) is 102 Å². The van der Waals surface area contributed by atoms with Crippen LogP contribution in [0.4, 0.5) is 20.5 Å². The zero-order valence-electron chi connectivity index (χ0n) is 19.1. The number of aromatic nitrogens is 6. The second kappa shape index (κ2) is 9.26. The number of halogens is 2. The molecule has 0 radical (unpaired) electrons. The molecule has 0 amide bonds. The quantitative estimate of drug-likeness (QED) is 0.485. The van der Waals surface area contributed by atoms with Crippen LogP contribution in [-0.4, -0.2) is 73.6 Å². The van der Waals surface area contributed by atoms with Crippen LogP contribution in [0.15, 0.2) is 30.7 Å². The second-order valence-electron chi connectivity index (χ2n) is 8.51. The van der Waals surface area contributed by atoms with Crippen molar-refractivity contribution in [2.45, 2.75) is 32.0 Å².